The number of nitrogens with zero attached hydrogens (tertiary/aromatic N) is 3. The van der Waals surface area contributed by atoms with Crippen LogP contribution in [0.1, 0.15) is 24.3 Å². The van der Waals surface area contributed by atoms with Gasteiger partial charge in [0.1, 0.15) is 0 Å². The molecule has 0 bridgehead atoms. The fraction of sp³-hybridized carbons (Fsp3) is 0.333. The molecule has 164 valence electrons. The Balaban J connectivity index is 2.31. The number of nitrogens with two attached hydrogens (primary N) is 1. The standard InChI is InChI=1S/C15H15F5N6O3S/c1-7(2)22-12-10(11(21)27)25-26-13(24-12)23-8-3-5-9(6-4-8)30(28,29)15(19,20)14(16,17)18/h3-7H,1-2H3,(H2,21,27)(H2,22,23,24,26). The molecule has 0 aliphatic carbocycles. The van der Waals surface area contributed by atoms with Gasteiger partial charge < -0.3 is 16.4 Å². The topological polar surface area (TPSA) is 140 Å². The molecule has 1 amide bonds. The number of primary amides is 1. The molecule has 0 fully saturated rings. The highest BCUT2D eigenvalue weighted by atomic mass is 32.2. The number of alkyl halides is 5. The number of benzene rings is 1. The Morgan fingerprint density at radius 2 is 1.63 bits per heavy atom. The van der Waals surface area contributed by atoms with Crippen molar-refractivity contribution in [2.24, 2.45) is 5.73 Å². The molecule has 0 spiro atoms. The monoisotopic (exact) mass is 454 g/mol. The van der Waals surface area contributed by atoms with Gasteiger partial charge in [-0.05, 0) is 38.1 Å². The highest BCUT2D eigenvalue weighted by Gasteiger charge is 2.67. The van der Waals surface area contributed by atoms with E-state index in [0.29, 0.717) is 12.1 Å². The van der Waals surface area contributed by atoms with Crippen molar-refractivity contribution in [2.75, 3.05) is 10.6 Å². The maximum atomic E-state index is 13.3. The lowest BCUT2D eigenvalue weighted by atomic mass is 10.3. The van der Waals surface area contributed by atoms with Crippen LogP contribution in [0.5, 0.6) is 0 Å². The number of halogens is 5. The number of sulfone groups is 1. The smallest absolute Gasteiger partial charge is 0.366 e. The van der Waals surface area contributed by atoms with E-state index in [1.807, 2.05) is 0 Å². The van der Waals surface area contributed by atoms with Crippen LogP contribution < -0.4 is 16.4 Å². The molecule has 0 atom stereocenters. The summed E-state index contributed by atoms with van der Waals surface area (Å²) in [4.78, 5) is 14.1. The number of aromatic nitrogens is 3. The minimum atomic E-state index is -6.27. The van der Waals surface area contributed by atoms with Crippen molar-refractivity contribution in [3.8, 4) is 0 Å². The third-order valence-electron chi connectivity index (χ3n) is 3.43. The second-order valence-electron chi connectivity index (χ2n) is 6.16. The van der Waals surface area contributed by atoms with Gasteiger partial charge in [-0.3, -0.25) is 4.79 Å². The first-order valence-corrected chi connectivity index (χ1v) is 9.52. The number of carbonyl (C=O) groups is 1. The molecule has 0 radical (unpaired) electrons. The van der Waals surface area contributed by atoms with E-state index in [9.17, 15) is 35.2 Å². The summed E-state index contributed by atoms with van der Waals surface area (Å²) in [5.74, 6) is -1.08. The Morgan fingerprint density at radius 1 is 1.07 bits per heavy atom. The molecule has 9 nitrogen and oxygen atoms in total. The summed E-state index contributed by atoms with van der Waals surface area (Å²) >= 11 is 0. The lowest BCUT2D eigenvalue weighted by Crippen LogP contribution is -2.43. The zero-order valence-corrected chi connectivity index (χ0v) is 16.1. The van der Waals surface area contributed by atoms with Gasteiger partial charge in [0, 0.05) is 11.7 Å². The molecular weight excluding hydrogens is 439 g/mol. The lowest BCUT2D eigenvalue weighted by Gasteiger charge is -2.19. The number of rotatable bonds is 7. The molecule has 2 aromatic rings. The van der Waals surface area contributed by atoms with E-state index in [-0.39, 0.29) is 29.2 Å². The number of anilines is 3. The van der Waals surface area contributed by atoms with E-state index < -0.39 is 32.1 Å². The number of hydrogen-bond donors (Lipinski definition) is 3. The Hall–Kier alpha value is -3.10. The molecule has 0 aliphatic rings. The zero-order chi connectivity index (χ0) is 22.9. The largest absolute Gasteiger partial charge is 0.469 e. The molecule has 15 heteroatoms. The fourth-order valence-electron chi connectivity index (χ4n) is 2.07. The highest BCUT2D eigenvalue weighted by molar-refractivity contribution is 7.92. The Morgan fingerprint density at radius 3 is 2.10 bits per heavy atom. The van der Waals surface area contributed by atoms with E-state index in [2.05, 4.69) is 25.8 Å². The van der Waals surface area contributed by atoms with Crippen LogP contribution in [0.4, 0.5) is 39.4 Å². The molecule has 0 aliphatic heterocycles. The minimum Gasteiger partial charge on any atom is -0.366 e. The summed E-state index contributed by atoms with van der Waals surface area (Å²) in [6.07, 6.45) is -6.27. The van der Waals surface area contributed by atoms with Crippen LogP contribution >= 0.6 is 0 Å². The van der Waals surface area contributed by atoms with Crippen molar-refractivity contribution in [3.05, 3.63) is 30.0 Å². The first-order chi connectivity index (χ1) is 13.7. The average Bonchev–Trinajstić information content (AvgIpc) is 2.60. The van der Waals surface area contributed by atoms with E-state index in [0.717, 1.165) is 12.1 Å². The van der Waals surface area contributed by atoms with Gasteiger partial charge in [0.2, 0.25) is 5.95 Å². The Bertz CT molecular complexity index is 1040. The normalized spacial score (nSPS) is 12.7. The van der Waals surface area contributed by atoms with Crippen LogP contribution in [-0.2, 0) is 9.84 Å². The van der Waals surface area contributed by atoms with Gasteiger partial charge in [-0.15, -0.1) is 10.2 Å². The third-order valence-corrected chi connectivity index (χ3v) is 5.23. The molecule has 1 aromatic carbocycles. The van der Waals surface area contributed by atoms with Gasteiger partial charge in [0.25, 0.3) is 15.7 Å². The molecule has 1 heterocycles. The first kappa shape index (κ1) is 23.2. The van der Waals surface area contributed by atoms with E-state index in [4.69, 9.17) is 5.73 Å². The maximum absolute atomic E-state index is 13.3. The van der Waals surface area contributed by atoms with Gasteiger partial charge in [0.05, 0.1) is 4.90 Å². The number of carbonyl (C=O) groups excluding carboxylic acids is 1. The summed E-state index contributed by atoms with van der Waals surface area (Å²) in [6.45, 7) is 3.49. The van der Waals surface area contributed by atoms with Crippen molar-refractivity contribution in [2.45, 2.75) is 36.2 Å². The summed E-state index contributed by atoms with van der Waals surface area (Å²) < 4.78 is 87.1. The summed E-state index contributed by atoms with van der Waals surface area (Å²) in [5, 5.41) is 6.63. The molecule has 2 rings (SSSR count). The molecule has 0 saturated carbocycles. The van der Waals surface area contributed by atoms with Crippen LogP contribution in [0.15, 0.2) is 29.2 Å². The first-order valence-electron chi connectivity index (χ1n) is 8.04. The zero-order valence-electron chi connectivity index (χ0n) is 15.3. The predicted octanol–water partition coefficient (Wildman–Crippen LogP) is 2.46. The number of amides is 1. The minimum absolute atomic E-state index is 0.000910. The molecule has 0 unspecified atom stereocenters. The summed E-state index contributed by atoms with van der Waals surface area (Å²) in [6, 6.07) is 2.83. The third kappa shape index (κ3) is 4.55. The SMILES string of the molecule is CC(C)Nc1nc(Nc2ccc(S(=O)(=O)C(F)(F)C(F)(F)F)cc2)nnc1C(N)=O. The summed E-state index contributed by atoms with van der Waals surface area (Å²) in [7, 11) is -6.01. The molecule has 0 saturated heterocycles. The molecule has 1 aromatic heterocycles. The Kier molecular flexibility index (Phi) is 6.15. The average molecular weight is 454 g/mol. The van der Waals surface area contributed by atoms with Gasteiger partial charge in [-0.25, -0.2) is 8.42 Å². The van der Waals surface area contributed by atoms with Crippen molar-refractivity contribution < 1.29 is 35.2 Å². The van der Waals surface area contributed by atoms with Crippen LogP contribution in [0, 0.1) is 0 Å². The van der Waals surface area contributed by atoms with Crippen LogP contribution in [0.25, 0.3) is 0 Å². The quantitative estimate of drug-likeness (QED) is 0.542. The molecule has 30 heavy (non-hydrogen) atoms. The summed E-state index contributed by atoms with van der Waals surface area (Å²) in [5.41, 5.74) is 4.98. The Labute approximate surface area is 166 Å². The predicted molar refractivity (Wildman–Crippen MR) is 95.0 cm³/mol. The second kappa shape index (κ2) is 7.97. The van der Waals surface area contributed by atoms with Gasteiger partial charge >= 0.3 is 11.4 Å². The van der Waals surface area contributed by atoms with Gasteiger partial charge in [-0.1, -0.05) is 0 Å². The number of nitrogens with one attached hydrogen (secondary N) is 2. The van der Waals surface area contributed by atoms with E-state index in [1.54, 1.807) is 13.8 Å². The lowest BCUT2D eigenvalue weighted by molar-refractivity contribution is -0.241. The van der Waals surface area contributed by atoms with Crippen molar-refractivity contribution in [1.82, 2.24) is 15.2 Å². The van der Waals surface area contributed by atoms with Gasteiger partial charge in [0.15, 0.2) is 11.5 Å². The van der Waals surface area contributed by atoms with Crippen LogP contribution in [0.2, 0.25) is 0 Å². The fourth-order valence-corrected chi connectivity index (χ4v) is 3.16. The molecular formula is C15H15F5N6O3S. The molecule has 4 N–H and O–H groups in total. The van der Waals surface area contributed by atoms with Crippen molar-refractivity contribution >= 4 is 33.2 Å². The highest BCUT2D eigenvalue weighted by Crippen LogP contribution is 2.43. The second-order valence-corrected chi connectivity index (χ2v) is 8.15. The van der Waals surface area contributed by atoms with E-state index in [1.165, 1.54) is 0 Å². The van der Waals surface area contributed by atoms with Crippen LogP contribution in [-0.4, -0.2) is 47.0 Å². The van der Waals surface area contributed by atoms with Crippen molar-refractivity contribution in [3.63, 3.8) is 0 Å². The van der Waals surface area contributed by atoms with Crippen LogP contribution in [0.3, 0.4) is 0 Å². The maximum Gasteiger partial charge on any atom is 0.469 e. The van der Waals surface area contributed by atoms with Crippen molar-refractivity contribution in [1.29, 1.82) is 0 Å². The van der Waals surface area contributed by atoms with E-state index >= 15 is 0 Å². The number of hydrogen-bond acceptors (Lipinski definition) is 8. The van der Waals surface area contributed by atoms with Gasteiger partial charge in [-0.2, -0.15) is 26.9 Å².